The van der Waals surface area contributed by atoms with Crippen LogP contribution in [0.4, 0.5) is 13.2 Å². The highest BCUT2D eigenvalue weighted by molar-refractivity contribution is 5.68. The lowest BCUT2D eigenvalue weighted by Crippen LogP contribution is -2.49. The molecule has 6 heteroatoms. The van der Waals surface area contributed by atoms with Crippen molar-refractivity contribution in [3.8, 4) is 0 Å². The lowest BCUT2D eigenvalue weighted by Gasteiger charge is -2.45. The number of hydrogen-bond acceptors (Lipinski definition) is 2. The van der Waals surface area contributed by atoms with Crippen LogP contribution < -0.4 is 0 Å². The molecule has 116 valence electrons. The van der Waals surface area contributed by atoms with Gasteiger partial charge in [-0.2, -0.15) is 0 Å². The van der Waals surface area contributed by atoms with E-state index in [2.05, 4.69) is 0 Å². The van der Waals surface area contributed by atoms with Crippen molar-refractivity contribution < 1.29 is 28.2 Å². The molecule has 0 amide bonds. The molecule has 0 aromatic heterocycles. The van der Waals surface area contributed by atoms with E-state index in [1.165, 1.54) is 6.07 Å². The van der Waals surface area contributed by atoms with Crippen molar-refractivity contribution in [2.45, 2.75) is 44.1 Å². The number of aliphatic hydroxyl groups is 1. The van der Waals surface area contributed by atoms with Crippen molar-refractivity contribution in [2.75, 3.05) is 0 Å². The van der Waals surface area contributed by atoms with Crippen LogP contribution in [0.3, 0.4) is 0 Å². The van der Waals surface area contributed by atoms with E-state index < -0.39 is 47.6 Å². The Morgan fingerprint density at radius 1 is 1.43 bits per heavy atom. The van der Waals surface area contributed by atoms with Gasteiger partial charge >= 0.3 is 5.97 Å². The Hall–Kier alpha value is -1.56. The second-order valence-electron chi connectivity index (χ2n) is 6.01. The van der Waals surface area contributed by atoms with Gasteiger partial charge in [0.15, 0.2) is 0 Å². The molecule has 2 unspecified atom stereocenters. The van der Waals surface area contributed by atoms with Crippen LogP contribution >= 0.6 is 0 Å². The minimum atomic E-state index is -3.47. The first-order valence-corrected chi connectivity index (χ1v) is 6.69. The molecule has 0 saturated heterocycles. The molecule has 1 aromatic carbocycles. The van der Waals surface area contributed by atoms with Gasteiger partial charge in [-0.25, -0.2) is 13.2 Å². The molecular formula is C15H17F3O3. The number of alkyl halides is 2. The highest BCUT2D eigenvalue weighted by atomic mass is 19.3. The maximum absolute atomic E-state index is 14.2. The van der Waals surface area contributed by atoms with Crippen LogP contribution in [0.25, 0.3) is 0 Å². The van der Waals surface area contributed by atoms with E-state index in [0.29, 0.717) is 0 Å². The fraction of sp³-hybridized carbons (Fsp3) is 0.533. The average molecular weight is 302 g/mol. The topological polar surface area (TPSA) is 57.5 Å². The van der Waals surface area contributed by atoms with E-state index in [0.717, 1.165) is 12.1 Å². The van der Waals surface area contributed by atoms with Gasteiger partial charge in [-0.15, -0.1) is 0 Å². The van der Waals surface area contributed by atoms with Gasteiger partial charge in [0.2, 0.25) is 0 Å². The number of carboxylic acid groups (broad SMARTS) is 1. The zero-order valence-electron chi connectivity index (χ0n) is 11.7. The van der Waals surface area contributed by atoms with Gasteiger partial charge in [-0.3, -0.25) is 4.79 Å². The van der Waals surface area contributed by atoms with Crippen molar-refractivity contribution >= 4 is 5.97 Å². The number of halogens is 3. The van der Waals surface area contributed by atoms with Crippen LogP contribution in [-0.2, 0) is 10.7 Å². The Morgan fingerprint density at radius 3 is 2.57 bits per heavy atom. The van der Waals surface area contributed by atoms with Gasteiger partial charge in [0.1, 0.15) is 5.82 Å². The highest BCUT2D eigenvalue weighted by Crippen LogP contribution is 2.53. The molecule has 2 atom stereocenters. The molecule has 0 bridgehead atoms. The van der Waals surface area contributed by atoms with E-state index in [4.69, 9.17) is 5.11 Å². The summed E-state index contributed by atoms with van der Waals surface area (Å²) in [5.41, 5.74) is -2.41. The number of aliphatic carboxylic acids is 1. The van der Waals surface area contributed by atoms with Crippen molar-refractivity contribution in [3.05, 3.63) is 35.1 Å². The van der Waals surface area contributed by atoms with E-state index in [1.54, 1.807) is 13.8 Å². The summed E-state index contributed by atoms with van der Waals surface area (Å²) in [5, 5.41) is 19.5. The molecule has 0 aliphatic heterocycles. The first kappa shape index (κ1) is 15.8. The standard InChI is InChI=1S/C15H17F3O3/c1-8(2)13-10-4-3-9(16)5-11(10)15(17,18)7-14(13,21)6-12(19)20/h3-5,8,13,21H,6-7H2,1-2H3,(H,19,20). The lowest BCUT2D eigenvalue weighted by molar-refractivity contribution is -0.157. The quantitative estimate of drug-likeness (QED) is 0.901. The molecule has 0 spiro atoms. The molecule has 0 heterocycles. The van der Waals surface area contributed by atoms with Crippen LogP contribution in [0.5, 0.6) is 0 Å². The second-order valence-corrected chi connectivity index (χ2v) is 6.01. The Balaban J connectivity index is 2.64. The molecule has 0 saturated carbocycles. The Morgan fingerprint density at radius 2 is 2.05 bits per heavy atom. The van der Waals surface area contributed by atoms with Crippen molar-refractivity contribution in [2.24, 2.45) is 5.92 Å². The first-order valence-electron chi connectivity index (χ1n) is 6.69. The van der Waals surface area contributed by atoms with E-state index in [9.17, 15) is 23.1 Å². The summed E-state index contributed by atoms with van der Waals surface area (Å²) in [5.74, 6) is -6.64. The molecule has 1 aromatic rings. The van der Waals surface area contributed by atoms with Gasteiger partial charge in [-0.05, 0) is 23.6 Å². The number of fused-ring (bicyclic) bond motifs is 1. The van der Waals surface area contributed by atoms with Crippen LogP contribution in [-0.4, -0.2) is 21.8 Å². The lowest BCUT2D eigenvalue weighted by atomic mass is 9.64. The second kappa shape index (κ2) is 5.02. The number of rotatable bonds is 3. The van der Waals surface area contributed by atoms with Gasteiger partial charge in [0.05, 0.1) is 12.0 Å². The van der Waals surface area contributed by atoms with Crippen LogP contribution in [0.2, 0.25) is 0 Å². The first-order chi connectivity index (χ1) is 9.57. The third-order valence-electron chi connectivity index (χ3n) is 3.98. The summed E-state index contributed by atoms with van der Waals surface area (Å²) in [6.07, 6.45) is -1.80. The third kappa shape index (κ3) is 2.77. The summed E-state index contributed by atoms with van der Waals surface area (Å²) < 4.78 is 41.8. The SMILES string of the molecule is CC(C)C1c2ccc(F)cc2C(F)(F)CC1(O)CC(=O)O. The zero-order chi connectivity index (χ0) is 16.0. The van der Waals surface area contributed by atoms with Gasteiger partial charge in [-0.1, -0.05) is 19.9 Å². The fourth-order valence-corrected chi connectivity index (χ4v) is 3.41. The summed E-state index contributed by atoms with van der Waals surface area (Å²) in [6, 6.07) is 3.04. The largest absolute Gasteiger partial charge is 0.481 e. The number of carboxylic acids is 1. The van der Waals surface area contributed by atoms with Crippen molar-refractivity contribution in [3.63, 3.8) is 0 Å². The normalized spacial score (nSPS) is 27.5. The highest BCUT2D eigenvalue weighted by Gasteiger charge is 2.55. The molecule has 21 heavy (non-hydrogen) atoms. The molecule has 1 aliphatic carbocycles. The van der Waals surface area contributed by atoms with Crippen molar-refractivity contribution in [1.82, 2.24) is 0 Å². The molecule has 0 radical (unpaired) electrons. The minimum absolute atomic E-state index is 0.117. The van der Waals surface area contributed by atoms with Crippen LogP contribution in [0.15, 0.2) is 18.2 Å². The van der Waals surface area contributed by atoms with E-state index in [1.807, 2.05) is 0 Å². The Kier molecular flexibility index (Phi) is 3.78. The van der Waals surface area contributed by atoms with E-state index >= 15 is 0 Å². The summed E-state index contributed by atoms with van der Waals surface area (Å²) in [4.78, 5) is 11.0. The van der Waals surface area contributed by atoms with Crippen LogP contribution in [0.1, 0.15) is 43.7 Å². The molecule has 1 aliphatic rings. The number of carbonyl (C=O) groups is 1. The molecular weight excluding hydrogens is 285 g/mol. The summed E-state index contributed by atoms with van der Waals surface area (Å²) in [6.45, 7) is 3.43. The predicted molar refractivity (Wildman–Crippen MR) is 69.7 cm³/mol. The van der Waals surface area contributed by atoms with Crippen LogP contribution in [0, 0.1) is 11.7 Å². The summed E-state index contributed by atoms with van der Waals surface area (Å²) in [7, 11) is 0. The third-order valence-corrected chi connectivity index (χ3v) is 3.98. The maximum Gasteiger partial charge on any atom is 0.306 e. The summed E-state index contributed by atoms with van der Waals surface area (Å²) >= 11 is 0. The monoisotopic (exact) mass is 302 g/mol. The molecule has 2 rings (SSSR count). The van der Waals surface area contributed by atoms with E-state index in [-0.39, 0.29) is 11.5 Å². The molecule has 3 nitrogen and oxygen atoms in total. The fourth-order valence-electron chi connectivity index (χ4n) is 3.41. The van der Waals surface area contributed by atoms with Gasteiger partial charge in [0.25, 0.3) is 5.92 Å². The van der Waals surface area contributed by atoms with Crippen molar-refractivity contribution in [1.29, 1.82) is 0 Å². The zero-order valence-corrected chi connectivity index (χ0v) is 11.7. The number of benzene rings is 1. The maximum atomic E-state index is 14.2. The Bertz CT molecular complexity index is 571. The average Bonchev–Trinajstić information content (AvgIpc) is 2.27. The predicted octanol–water partition coefficient (Wildman–Crippen LogP) is 3.27. The number of hydrogen-bond donors (Lipinski definition) is 2. The Labute approximate surface area is 120 Å². The molecule has 2 N–H and O–H groups in total. The minimum Gasteiger partial charge on any atom is -0.481 e. The van der Waals surface area contributed by atoms with Gasteiger partial charge < -0.3 is 10.2 Å². The smallest absolute Gasteiger partial charge is 0.306 e. The van der Waals surface area contributed by atoms with Gasteiger partial charge in [0, 0.05) is 17.9 Å². The molecule has 0 fully saturated rings.